The molecule has 4 N–H and O–H groups in total. The molecule has 0 atom stereocenters. The zero-order valence-corrected chi connectivity index (χ0v) is 33.3. The molecule has 0 aliphatic carbocycles. The molecule has 4 heterocycles. The molecule has 2 fully saturated rings. The Labute approximate surface area is 343 Å². The summed E-state index contributed by atoms with van der Waals surface area (Å²) in [5, 5.41) is 38.1. The first-order valence-corrected chi connectivity index (χ1v) is 18.9. The van der Waals surface area contributed by atoms with E-state index >= 15 is 0 Å². The SMILES string of the molecule is Cc1c(Cl)c(C(F)(F)F)nn1CC(=O)N1CCC(O)(Cc2ccc(F)cc2)CC1.Cc1c(Cl)c(C(F)(F)F)nn1CC(=O)O.OC1(Cc2ccc(F)cc2)CCNCC1. The average Bonchev–Trinajstić information content (AvgIpc) is 3.60. The van der Waals surface area contributed by atoms with E-state index in [0.29, 0.717) is 30.4 Å². The van der Waals surface area contributed by atoms with Crippen LogP contribution in [-0.4, -0.2) is 89.0 Å². The molecular weight excluding hydrogens is 843 g/mol. The number of nitrogens with zero attached hydrogens (tertiary/aromatic N) is 5. The van der Waals surface area contributed by atoms with Crippen molar-refractivity contribution in [3.63, 3.8) is 0 Å². The highest BCUT2D eigenvalue weighted by Crippen LogP contribution is 2.36. The summed E-state index contributed by atoms with van der Waals surface area (Å²) in [5.74, 6) is -2.27. The number of aromatic nitrogens is 4. The Morgan fingerprint density at radius 2 is 1.07 bits per heavy atom. The first-order chi connectivity index (χ1) is 27.4. The van der Waals surface area contributed by atoms with Crippen LogP contribution in [0.4, 0.5) is 35.1 Å². The van der Waals surface area contributed by atoms with Gasteiger partial charge in [0.15, 0.2) is 11.4 Å². The molecule has 0 saturated carbocycles. The molecule has 11 nitrogen and oxygen atoms in total. The number of hydrogen-bond acceptors (Lipinski definition) is 7. The molecule has 2 saturated heterocycles. The molecule has 1 amide bonds. The number of piperidine rings is 2. The van der Waals surface area contributed by atoms with Crippen LogP contribution < -0.4 is 5.32 Å². The lowest BCUT2D eigenvalue weighted by Gasteiger charge is -2.38. The van der Waals surface area contributed by atoms with Crippen LogP contribution in [-0.2, 0) is 47.9 Å². The topological polar surface area (TPSA) is 146 Å². The number of carbonyl (C=O) groups excluding carboxylic acids is 1. The lowest BCUT2D eigenvalue weighted by molar-refractivity contribution is -0.143. The Bertz CT molecular complexity index is 2040. The second-order valence-electron chi connectivity index (χ2n) is 14.4. The van der Waals surface area contributed by atoms with E-state index in [2.05, 4.69) is 15.5 Å². The van der Waals surface area contributed by atoms with Crippen molar-refractivity contribution in [3.8, 4) is 0 Å². The number of carbonyl (C=O) groups is 2. The van der Waals surface area contributed by atoms with Crippen molar-refractivity contribution in [2.45, 2.75) is 89.0 Å². The maximum absolute atomic E-state index is 13.0. The van der Waals surface area contributed by atoms with E-state index in [4.69, 9.17) is 28.3 Å². The van der Waals surface area contributed by atoms with Gasteiger partial charge in [-0.2, -0.15) is 36.5 Å². The molecule has 21 heteroatoms. The molecule has 4 aromatic rings. The van der Waals surface area contributed by atoms with Crippen molar-refractivity contribution in [1.29, 1.82) is 0 Å². The first-order valence-electron chi connectivity index (χ1n) is 18.1. The highest BCUT2D eigenvalue weighted by atomic mass is 35.5. The summed E-state index contributed by atoms with van der Waals surface area (Å²) in [6.45, 7) is 3.87. The normalized spacial score (nSPS) is 16.4. The second-order valence-corrected chi connectivity index (χ2v) is 15.1. The molecule has 6 rings (SSSR count). The number of carboxylic acid groups (broad SMARTS) is 1. The third kappa shape index (κ3) is 13.3. The van der Waals surface area contributed by atoms with Crippen LogP contribution in [0.15, 0.2) is 48.5 Å². The molecular formula is C38H42Cl2F8N6O5. The minimum Gasteiger partial charge on any atom is -0.480 e. The molecule has 2 aromatic heterocycles. The van der Waals surface area contributed by atoms with Crippen molar-refractivity contribution >= 4 is 35.1 Å². The number of rotatable bonds is 8. The molecule has 0 bridgehead atoms. The highest BCUT2D eigenvalue weighted by molar-refractivity contribution is 6.32. The molecule has 59 heavy (non-hydrogen) atoms. The van der Waals surface area contributed by atoms with Crippen molar-refractivity contribution in [1.82, 2.24) is 29.8 Å². The fourth-order valence-electron chi connectivity index (χ4n) is 6.46. The molecule has 2 aliphatic rings. The van der Waals surface area contributed by atoms with Gasteiger partial charge >= 0.3 is 18.3 Å². The number of amides is 1. The minimum absolute atomic E-state index is 0.0219. The number of nitrogens with one attached hydrogen (secondary N) is 1. The van der Waals surface area contributed by atoms with E-state index in [1.54, 1.807) is 24.3 Å². The van der Waals surface area contributed by atoms with E-state index in [0.717, 1.165) is 41.7 Å². The van der Waals surface area contributed by atoms with Gasteiger partial charge in [0, 0.05) is 25.9 Å². The minimum atomic E-state index is -4.70. The third-order valence-electron chi connectivity index (χ3n) is 9.85. The molecule has 324 valence electrons. The Morgan fingerprint density at radius 1 is 0.695 bits per heavy atom. The largest absolute Gasteiger partial charge is 0.480 e. The summed E-state index contributed by atoms with van der Waals surface area (Å²) in [6.07, 6.45) is -6.27. The summed E-state index contributed by atoms with van der Waals surface area (Å²) >= 11 is 11.1. The van der Waals surface area contributed by atoms with Crippen molar-refractivity contribution in [3.05, 3.63) is 104 Å². The fourth-order valence-corrected chi connectivity index (χ4v) is 6.94. The Balaban J connectivity index is 0.000000215. The zero-order valence-electron chi connectivity index (χ0n) is 31.8. The van der Waals surface area contributed by atoms with E-state index < -0.39 is 63.4 Å². The molecule has 2 aromatic carbocycles. The van der Waals surface area contributed by atoms with E-state index in [1.165, 1.54) is 43.0 Å². The van der Waals surface area contributed by atoms with Crippen molar-refractivity contribution in [2.24, 2.45) is 0 Å². The number of alkyl halides is 6. The van der Waals surface area contributed by atoms with Crippen LogP contribution in [0.5, 0.6) is 0 Å². The lowest BCUT2D eigenvalue weighted by Crippen LogP contribution is -2.48. The number of aliphatic carboxylic acids is 1. The Kier molecular flexibility index (Phi) is 15.6. The van der Waals surface area contributed by atoms with Crippen LogP contribution >= 0.6 is 23.2 Å². The van der Waals surface area contributed by atoms with Gasteiger partial charge in [-0.05, 0) is 88.0 Å². The number of aliphatic hydroxyl groups is 2. The quantitative estimate of drug-likeness (QED) is 0.138. The maximum atomic E-state index is 13.0. The third-order valence-corrected chi connectivity index (χ3v) is 10.8. The van der Waals surface area contributed by atoms with Gasteiger partial charge in [-0.25, -0.2) is 8.78 Å². The van der Waals surface area contributed by atoms with E-state index in [-0.39, 0.29) is 42.7 Å². The van der Waals surface area contributed by atoms with Crippen LogP contribution in [0.2, 0.25) is 10.0 Å². The number of carboxylic acids is 1. The molecule has 0 unspecified atom stereocenters. The van der Waals surface area contributed by atoms with E-state index in [1.807, 2.05) is 0 Å². The Morgan fingerprint density at radius 3 is 1.42 bits per heavy atom. The summed E-state index contributed by atoms with van der Waals surface area (Å²) in [4.78, 5) is 24.3. The van der Waals surface area contributed by atoms with Gasteiger partial charge in [0.25, 0.3) is 0 Å². The summed E-state index contributed by atoms with van der Waals surface area (Å²) in [6, 6.07) is 12.2. The predicted molar refractivity (Wildman–Crippen MR) is 200 cm³/mol. The van der Waals surface area contributed by atoms with Gasteiger partial charge in [-0.15, -0.1) is 0 Å². The van der Waals surface area contributed by atoms with Crippen molar-refractivity contribution in [2.75, 3.05) is 26.2 Å². The summed E-state index contributed by atoms with van der Waals surface area (Å²) < 4.78 is 103. The monoisotopic (exact) mass is 884 g/mol. The van der Waals surface area contributed by atoms with Crippen LogP contribution in [0.3, 0.4) is 0 Å². The Hall–Kier alpha value is -4.30. The van der Waals surface area contributed by atoms with Gasteiger partial charge in [-0.3, -0.25) is 19.0 Å². The van der Waals surface area contributed by atoms with Crippen LogP contribution in [0.25, 0.3) is 0 Å². The first kappa shape index (κ1) is 47.4. The van der Waals surface area contributed by atoms with E-state index in [9.17, 15) is 54.9 Å². The van der Waals surface area contributed by atoms with Crippen molar-refractivity contribution < 1.29 is 60.0 Å². The molecule has 0 radical (unpaired) electrons. The second kappa shape index (κ2) is 19.4. The summed E-state index contributed by atoms with van der Waals surface area (Å²) in [7, 11) is 0. The van der Waals surface area contributed by atoms with Crippen LogP contribution in [0.1, 0.15) is 59.6 Å². The number of hydrogen-bond donors (Lipinski definition) is 4. The number of benzene rings is 2. The fraction of sp³-hybridized carbons (Fsp3) is 0.474. The van der Waals surface area contributed by atoms with Crippen LogP contribution in [0, 0.1) is 25.5 Å². The highest BCUT2D eigenvalue weighted by Gasteiger charge is 2.40. The predicted octanol–water partition coefficient (Wildman–Crippen LogP) is 7.03. The van der Waals surface area contributed by atoms with Gasteiger partial charge in [0.1, 0.15) is 24.7 Å². The number of halogens is 10. The molecule has 0 spiro atoms. The van der Waals surface area contributed by atoms with Gasteiger partial charge in [-0.1, -0.05) is 47.5 Å². The maximum Gasteiger partial charge on any atom is 0.436 e. The lowest BCUT2D eigenvalue weighted by atomic mass is 9.85. The standard InChI is InChI=1S/C19H20ClF4N3O2.C12H16FNO.C7H6ClF3N2O2/c1-12-16(20)17(19(22,23)24)25-27(12)11-15(28)26-8-6-18(29,7-9-26)10-13-2-4-14(21)5-3-13;13-11-3-1-10(2-4-11)9-12(15)5-7-14-8-6-12;1-3-5(8)6(7(9,10)11)12-13(3)2-4(14)15/h2-5,29H,6-11H2,1H3;1-4,14-15H,5-9H2;2H2,1H3,(H,14,15). The molecule has 2 aliphatic heterocycles. The van der Waals surface area contributed by atoms with Gasteiger partial charge in [0.2, 0.25) is 5.91 Å². The number of likely N-dealkylation sites (tertiary alicyclic amines) is 1. The summed E-state index contributed by atoms with van der Waals surface area (Å²) in [5.41, 5.74) is -2.27. The van der Waals surface area contributed by atoms with Gasteiger partial charge in [0.05, 0.1) is 32.6 Å². The zero-order chi connectivity index (χ0) is 43.9. The smallest absolute Gasteiger partial charge is 0.436 e. The average molecular weight is 886 g/mol. The van der Waals surface area contributed by atoms with Gasteiger partial charge < -0.3 is 25.5 Å².